The van der Waals surface area contributed by atoms with E-state index < -0.39 is 0 Å². The molecule has 1 N–H and O–H groups in total. The van der Waals surface area contributed by atoms with Crippen molar-refractivity contribution in [2.24, 2.45) is 0 Å². The number of H-pyrrole nitrogens is 1. The number of nitrogens with zero attached hydrogens (tertiary/aromatic N) is 1. The van der Waals surface area contributed by atoms with E-state index in [9.17, 15) is 4.79 Å². The Labute approximate surface area is 99.0 Å². The first kappa shape index (κ1) is 11.2. The van der Waals surface area contributed by atoms with Gasteiger partial charge in [0.2, 0.25) is 0 Å². The van der Waals surface area contributed by atoms with Crippen molar-refractivity contribution in [3.05, 3.63) is 30.0 Å². The van der Waals surface area contributed by atoms with Gasteiger partial charge in [-0.1, -0.05) is 18.1 Å². The van der Waals surface area contributed by atoms with Gasteiger partial charge in [0, 0.05) is 5.39 Å². The lowest BCUT2D eigenvalue weighted by Gasteiger charge is -1.94. The van der Waals surface area contributed by atoms with Crippen LogP contribution in [0.4, 0.5) is 0 Å². The molecule has 0 fully saturated rings. The summed E-state index contributed by atoms with van der Waals surface area (Å²) < 4.78 is 4.78. The standard InChI is InChI=1S/C13H12N2O2/c1-2-17-13(16)9-5-8-12-10-6-3-4-7-11(10)14-15-12/h3-4,6-7H,2,9H2,1H3,(H,14,15). The lowest BCUT2D eigenvalue weighted by atomic mass is 10.2. The van der Waals surface area contributed by atoms with Crippen LogP contribution < -0.4 is 0 Å². The summed E-state index contributed by atoms with van der Waals surface area (Å²) in [5.41, 5.74) is 1.60. The first-order valence-electron chi connectivity index (χ1n) is 5.39. The van der Waals surface area contributed by atoms with Gasteiger partial charge in [0.1, 0.15) is 12.1 Å². The first-order valence-corrected chi connectivity index (χ1v) is 5.39. The van der Waals surface area contributed by atoms with E-state index in [4.69, 9.17) is 4.74 Å². The Kier molecular flexibility index (Phi) is 3.41. The van der Waals surface area contributed by atoms with Gasteiger partial charge in [0.05, 0.1) is 12.1 Å². The lowest BCUT2D eigenvalue weighted by Crippen LogP contribution is -2.01. The van der Waals surface area contributed by atoms with Gasteiger partial charge in [-0.25, -0.2) is 0 Å². The third-order valence-electron chi connectivity index (χ3n) is 2.21. The van der Waals surface area contributed by atoms with Gasteiger partial charge in [-0.05, 0) is 25.0 Å². The highest BCUT2D eigenvalue weighted by Gasteiger charge is 2.01. The van der Waals surface area contributed by atoms with Crippen LogP contribution in [0.3, 0.4) is 0 Å². The van der Waals surface area contributed by atoms with Gasteiger partial charge in [-0.3, -0.25) is 9.89 Å². The average molecular weight is 228 g/mol. The van der Waals surface area contributed by atoms with E-state index in [0.29, 0.717) is 6.61 Å². The molecular weight excluding hydrogens is 216 g/mol. The molecule has 0 aliphatic carbocycles. The third-order valence-corrected chi connectivity index (χ3v) is 2.21. The largest absolute Gasteiger partial charge is 0.465 e. The van der Waals surface area contributed by atoms with Gasteiger partial charge in [-0.2, -0.15) is 5.10 Å². The molecule has 0 aliphatic heterocycles. The zero-order valence-electron chi connectivity index (χ0n) is 9.49. The van der Waals surface area contributed by atoms with Crippen molar-refractivity contribution in [2.75, 3.05) is 6.61 Å². The van der Waals surface area contributed by atoms with E-state index in [1.807, 2.05) is 24.3 Å². The molecule has 0 saturated carbocycles. The van der Waals surface area contributed by atoms with E-state index in [2.05, 4.69) is 22.0 Å². The Morgan fingerprint density at radius 1 is 1.47 bits per heavy atom. The molecule has 0 unspecified atom stereocenters. The average Bonchev–Trinajstić information content (AvgIpc) is 2.73. The SMILES string of the molecule is CCOC(=O)CC#Cc1[nH]nc2ccccc12. The molecule has 17 heavy (non-hydrogen) atoms. The molecule has 0 saturated heterocycles. The number of ether oxygens (including phenoxy) is 1. The van der Waals surface area contributed by atoms with E-state index in [1.165, 1.54) is 0 Å². The number of nitrogens with one attached hydrogen (secondary N) is 1. The summed E-state index contributed by atoms with van der Waals surface area (Å²) >= 11 is 0. The van der Waals surface area contributed by atoms with E-state index >= 15 is 0 Å². The van der Waals surface area contributed by atoms with Crippen LogP contribution in [0.25, 0.3) is 10.9 Å². The van der Waals surface area contributed by atoms with Gasteiger partial charge in [0.25, 0.3) is 0 Å². The summed E-state index contributed by atoms with van der Waals surface area (Å²) in [6.45, 7) is 2.15. The minimum atomic E-state index is -0.302. The fourth-order valence-electron chi connectivity index (χ4n) is 1.47. The number of para-hydroxylation sites is 1. The van der Waals surface area contributed by atoms with Crippen LogP contribution in [0.2, 0.25) is 0 Å². The second kappa shape index (κ2) is 5.17. The molecule has 4 heteroatoms. The Morgan fingerprint density at radius 2 is 2.29 bits per heavy atom. The summed E-state index contributed by atoms with van der Waals surface area (Å²) in [6.07, 6.45) is 0.0984. The number of hydrogen-bond acceptors (Lipinski definition) is 3. The minimum absolute atomic E-state index is 0.0984. The number of aromatic nitrogens is 2. The molecule has 2 aromatic rings. The molecule has 1 aromatic heterocycles. The second-order valence-corrected chi connectivity index (χ2v) is 3.40. The molecule has 0 atom stereocenters. The van der Waals surface area contributed by atoms with Crippen LogP contribution in [-0.2, 0) is 9.53 Å². The summed E-state index contributed by atoms with van der Waals surface area (Å²) in [4.78, 5) is 11.1. The number of rotatable bonds is 2. The molecule has 0 spiro atoms. The maximum Gasteiger partial charge on any atom is 0.317 e. The monoisotopic (exact) mass is 228 g/mol. The topological polar surface area (TPSA) is 55.0 Å². The molecule has 86 valence electrons. The van der Waals surface area contributed by atoms with Crippen LogP contribution in [0.15, 0.2) is 24.3 Å². The molecule has 0 amide bonds. The number of fused-ring (bicyclic) bond motifs is 1. The highest BCUT2D eigenvalue weighted by molar-refractivity contribution is 5.84. The van der Waals surface area contributed by atoms with E-state index in [0.717, 1.165) is 16.6 Å². The molecule has 1 aromatic carbocycles. The van der Waals surface area contributed by atoms with Crippen molar-refractivity contribution >= 4 is 16.9 Å². The Morgan fingerprint density at radius 3 is 3.12 bits per heavy atom. The van der Waals surface area contributed by atoms with Crippen molar-refractivity contribution in [1.29, 1.82) is 0 Å². The number of carbonyl (C=O) groups is 1. The van der Waals surface area contributed by atoms with Crippen LogP contribution in [0.1, 0.15) is 19.0 Å². The van der Waals surface area contributed by atoms with Crippen LogP contribution in [-0.4, -0.2) is 22.8 Å². The fraction of sp³-hybridized carbons (Fsp3) is 0.231. The summed E-state index contributed by atoms with van der Waals surface area (Å²) in [5, 5.41) is 7.91. The molecule has 4 nitrogen and oxygen atoms in total. The number of carbonyl (C=O) groups excluding carboxylic acids is 1. The summed E-state index contributed by atoms with van der Waals surface area (Å²) in [7, 11) is 0. The Balaban J connectivity index is 2.14. The zero-order chi connectivity index (χ0) is 12.1. The van der Waals surface area contributed by atoms with Gasteiger partial charge >= 0.3 is 5.97 Å². The molecule has 1 heterocycles. The zero-order valence-corrected chi connectivity index (χ0v) is 9.49. The third kappa shape index (κ3) is 2.64. The second-order valence-electron chi connectivity index (χ2n) is 3.40. The van der Waals surface area contributed by atoms with E-state index in [1.54, 1.807) is 6.92 Å². The van der Waals surface area contributed by atoms with Gasteiger partial charge in [0.15, 0.2) is 0 Å². The molecular formula is C13H12N2O2. The van der Waals surface area contributed by atoms with Gasteiger partial charge < -0.3 is 4.74 Å². The quantitative estimate of drug-likeness (QED) is 0.630. The molecule has 0 bridgehead atoms. The van der Waals surface area contributed by atoms with Crippen LogP contribution in [0, 0.1) is 11.8 Å². The van der Waals surface area contributed by atoms with Crippen LogP contribution >= 0.6 is 0 Å². The van der Waals surface area contributed by atoms with E-state index in [-0.39, 0.29) is 12.4 Å². The predicted octanol–water partition coefficient (Wildman–Crippen LogP) is 1.87. The smallest absolute Gasteiger partial charge is 0.317 e. The predicted molar refractivity (Wildman–Crippen MR) is 64.2 cm³/mol. The lowest BCUT2D eigenvalue weighted by molar-refractivity contribution is -0.141. The van der Waals surface area contributed by atoms with Crippen molar-refractivity contribution in [3.63, 3.8) is 0 Å². The number of aromatic amines is 1. The molecule has 0 radical (unpaired) electrons. The van der Waals surface area contributed by atoms with Gasteiger partial charge in [-0.15, -0.1) is 0 Å². The normalized spacial score (nSPS) is 9.71. The Hall–Kier alpha value is -2.28. The highest BCUT2D eigenvalue weighted by Crippen LogP contribution is 2.13. The van der Waals surface area contributed by atoms with Crippen molar-refractivity contribution in [2.45, 2.75) is 13.3 Å². The number of esters is 1. The highest BCUT2D eigenvalue weighted by atomic mass is 16.5. The number of benzene rings is 1. The number of hydrogen-bond donors (Lipinski definition) is 1. The molecule has 0 aliphatic rings. The van der Waals surface area contributed by atoms with Crippen molar-refractivity contribution in [1.82, 2.24) is 10.2 Å². The van der Waals surface area contributed by atoms with Crippen molar-refractivity contribution in [3.8, 4) is 11.8 Å². The Bertz CT molecular complexity index is 590. The fourth-order valence-corrected chi connectivity index (χ4v) is 1.47. The summed E-state index contributed by atoms with van der Waals surface area (Å²) in [6, 6.07) is 7.68. The van der Waals surface area contributed by atoms with Crippen LogP contribution in [0.5, 0.6) is 0 Å². The maximum absolute atomic E-state index is 11.1. The van der Waals surface area contributed by atoms with Crippen molar-refractivity contribution < 1.29 is 9.53 Å². The minimum Gasteiger partial charge on any atom is -0.465 e. The molecule has 2 rings (SSSR count). The first-order chi connectivity index (χ1) is 8.31. The maximum atomic E-state index is 11.1. The summed E-state index contributed by atoms with van der Waals surface area (Å²) in [5.74, 6) is 5.35.